The summed E-state index contributed by atoms with van der Waals surface area (Å²) in [4.78, 5) is 0. The van der Waals surface area contributed by atoms with E-state index in [0.29, 0.717) is 13.2 Å². The van der Waals surface area contributed by atoms with E-state index in [1.54, 1.807) is 7.11 Å². The van der Waals surface area contributed by atoms with E-state index in [2.05, 4.69) is 22.6 Å². The zero-order valence-electron chi connectivity index (χ0n) is 11.4. The number of methoxy groups -OCH3 is 1. The maximum atomic E-state index is 5.38. The third-order valence-corrected chi connectivity index (χ3v) is 2.43. The Morgan fingerprint density at radius 2 is 2.22 bits per heavy atom. The van der Waals surface area contributed by atoms with E-state index in [4.69, 9.17) is 9.47 Å². The average molecular weight is 256 g/mol. The molecule has 6 nitrogen and oxygen atoms in total. The summed E-state index contributed by atoms with van der Waals surface area (Å²) in [5.41, 5.74) is 0.990. The summed E-state index contributed by atoms with van der Waals surface area (Å²) < 4.78 is 12.1. The summed E-state index contributed by atoms with van der Waals surface area (Å²) in [5, 5.41) is 11.5. The molecule has 0 fully saturated rings. The first-order chi connectivity index (χ1) is 8.86. The highest BCUT2D eigenvalue weighted by Crippen LogP contribution is 1.95. The summed E-state index contributed by atoms with van der Waals surface area (Å²) in [6, 6.07) is 0. The van der Waals surface area contributed by atoms with Crippen molar-refractivity contribution in [1.29, 1.82) is 0 Å². The van der Waals surface area contributed by atoms with E-state index in [0.717, 1.165) is 44.8 Å². The molecule has 0 aliphatic heterocycles. The van der Waals surface area contributed by atoms with Crippen molar-refractivity contribution in [2.24, 2.45) is 0 Å². The molecule has 1 heterocycles. The van der Waals surface area contributed by atoms with E-state index in [-0.39, 0.29) is 0 Å². The minimum Gasteiger partial charge on any atom is -0.382 e. The fourth-order valence-electron chi connectivity index (χ4n) is 1.49. The van der Waals surface area contributed by atoms with Gasteiger partial charge in [0.2, 0.25) is 0 Å². The quantitative estimate of drug-likeness (QED) is 0.594. The molecule has 104 valence electrons. The van der Waals surface area contributed by atoms with Gasteiger partial charge >= 0.3 is 0 Å². The van der Waals surface area contributed by atoms with Crippen LogP contribution in [-0.4, -0.2) is 48.5 Å². The van der Waals surface area contributed by atoms with Crippen molar-refractivity contribution < 1.29 is 9.47 Å². The van der Waals surface area contributed by atoms with E-state index in [9.17, 15) is 0 Å². The lowest BCUT2D eigenvalue weighted by Crippen LogP contribution is -2.13. The Hall–Kier alpha value is -0.980. The van der Waals surface area contributed by atoms with E-state index >= 15 is 0 Å². The molecule has 0 aliphatic rings. The van der Waals surface area contributed by atoms with Gasteiger partial charge in [-0.25, -0.2) is 0 Å². The molecular formula is C12H24N4O2. The van der Waals surface area contributed by atoms with Crippen LogP contribution in [0.5, 0.6) is 0 Å². The van der Waals surface area contributed by atoms with Crippen LogP contribution in [-0.2, 0) is 22.6 Å². The van der Waals surface area contributed by atoms with E-state index < -0.39 is 0 Å². The molecule has 0 radical (unpaired) electrons. The normalized spacial score (nSPS) is 11.0. The number of nitrogens with zero attached hydrogens (tertiary/aromatic N) is 3. The highest BCUT2D eigenvalue weighted by Gasteiger charge is 1.99. The van der Waals surface area contributed by atoms with Crippen LogP contribution in [0.2, 0.25) is 0 Å². The molecule has 0 saturated carbocycles. The first-order valence-corrected chi connectivity index (χ1v) is 6.53. The molecule has 1 aromatic rings. The molecular weight excluding hydrogens is 232 g/mol. The second kappa shape index (κ2) is 9.99. The van der Waals surface area contributed by atoms with Crippen molar-refractivity contribution in [3.8, 4) is 0 Å². The van der Waals surface area contributed by atoms with Crippen LogP contribution in [0.15, 0.2) is 6.20 Å². The molecule has 0 bridgehead atoms. The fraction of sp³-hybridized carbons (Fsp3) is 0.833. The molecule has 0 amide bonds. The van der Waals surface area contributed by atoms with E-state index in [1.165, 1.54) is 0 Å². The maximum Gasteiger partial charge on any atom is 0.0964 e. The predicted octanol–water partition coefficient (Wildman–Crippen LogP) is 0.831. The molecule has 0 saturated heterocycles. The SMILES string of the molecule is CCCNCc1cn(CCCOCCOC)nn1. The smallest absolute Gasteiger partial charge is 0.0964 e. The van der Waals surface area contributed by atoms with Gasteiger partial charge in [-0.3, -0.25) is 4.68 Å². The van der Waals surface area contributed by atoms with Crippen LogP contribution in [0.4, 0.5) is 0 Å². The Morgan fingerprint density at radius 3 is 3.00 bits per heavy atom. The first-order valence-electron chi connectivity index (χ1n) is 6.53. The Balaban J connectivity index is 2.07. The molecule has 0 unspecified atom stereocenters. The van der Waals surface area contributed by atoms with Crippen molar-refractivity contribution in [2.75, 3.05) is 33.5 Å². The van der Waals surface area contributed by atoms with Crippen molar-refractivity contribution in [1.82, 2.24) is 20.3 Å². The van der Waals surface area contributed by atoms with Crippen LogP contribution in [0, 0.1) is 0 Å². The average Bonchev–Trinajstić information content (AvgIpc) is 2.82. The van der Waals surface area contributed by atoms with Crippen molar-refractivity contribution in [2.45, 2.75) is 32.9 Å². The number of nitrogens with one attached hydrogen (secondary N) is 1. The Kier molecular flexibility index (Phi) is 8.37. The summed E-state index contributed by atoms with van der Waals surface area (Å²) >= 11 is 0. The summed E-state index contributed by atoms with van der Waals surface area (Å²) in [6.45, 7) is 6.82. The lowest BCUT2D eigenvalue weighted by Gasteiger charge is -2.03. The standard InChI is InChI=1S/C12H24N4O2/c1-3-5-13-10-12-11-16(15-14-12)6-4-7-18-9-8-17-2/h11,13H,3-10H2,1-2H3. The Morgan fingerprint density at radius 1 is 1.33 bits per heavy atom. The van der Waals surface area contributed by atoms with Gasteiger partial charge in [0, 0.05) is 33.0 Å². The second-order valence-electron chi connectivity index (χ2n) is 4.11. The fourth-order valence-corrected chi connectivity index (χ4v) is 1.49. The highest BCUT2D eigenvalue weighted by atomic mass is 16.5. The van der Waals surface area contributed by atoms with Gasteiger partial charge in [-0.2, -0.15) is 0 Å². The molecule has 1 rings (SSSR count). The molecule has 18 heavy (non-hydrogen) atoms. The van der Waals surface area contributed by atoms with Gasteiger partial charge in [0.05, 0.1) is 18.9 Å². The number of hydrogen-bond donors (Lipinski definition) is 1. The maximum absolute atomic E-state index is 5.38. The third-order valence-electron chi connectivity index (χ3n) is 2.43. The molecule has 0 atom stereocenters. The molecule has 1 aromatic heterocycles. The highest BCUT2D eigenvalue weighted by molar-refractivity contribution is 4.91. The van der Waals surface area contributed by atoms with Crippen LogP contribution in [0.3, 0.4) is 0 Å². The third kappa shape index (κ3) is 6.68. The number of hydrogen-bond acceptors (Lipinski definition) is 5. The zero-order chi connectivity index (χ0) is 13.1. The number of aryl methyl sites for hydroxylation is 1. The predicted molar refractivity (Wildman–Crippen MR) is 69.3 cm³/mol. The molecule has 6 heteroatoms. The van der Waals surface area contributed by atoms with Crippen molar-refractivity contribution in [3.05, 3.63) is 11.9 Å². The minimum absolute atomic E-state index is 0.649. The lowest BCUT2D eigenvalue weighted by molar-refractivity contribution is 0.0676. The Bertz CT molecular complexity index is 304. The molecule has 0 aliphatic carbocycles. The Labute approximate surface area is 109 Å². The molecule has 0 spiro atoms. The van der Waals surface area contributed by atoms with Gasteiger partial charge < -0.3 is 14.8 Å². The minimum atomic E-state index is 0.649. The zero-order valence-corrected chi connectivity index (χ0v) is 11.4. The van der Waals surface area contributed by atoms with E-state index in [1.807, 2.05) is 10.9 Å². The number of aromatic nitrogens is 3. The summed E-state index contributed by atoms with van der Waals surface area (Å²) in [5.74, 6) is 0. The summed E-state index contributed by atoms with van der Waals surface area (Å²) in [6.07, 6.45) is 4.06. The van der Waals surface area contributed by atoms with Gasteiger partial charge in [0.1, 0.15) is 0 Å². The van der Waals surface area contributed by atoms with Gasteiger partial charge in [-0.1, -0.05) is 12.1 Å². The van der Waals surface area contributed by atoms with Gasteiger partial charge in [-0.05, 0) is 19.4 Å². The van der Waals surface area contributed by atoms with Crippen LogP contribution < -0.4 is 5.32 Å². The van der Waals surface area contributed by atoms with Crippen LogP contribution >= 0.6 is 0 Å². The topological polar surface area (TPSA) is 61.2 Å². The second-order valence-corrected chi connectivity index (χ2v) is 4.11. The van der Waals surface area contributed by atoms with Crippen LogP contribution in [0.1, 0.15) is 25.5 Å². The first kappa shape index (κ1) is 15.1. The van der Waals surface area contributed by atoms with Gasteiger partial charge in [0.15, 0.2) is 0 Å². The van der Waals surface area contributed by atoms with Gasteiger partial charge in [0.25, 0.3) is 0 Å². The van der Waals surface area contributed by atoms with Gasteiger partial charge in [-0.15, -0.1) is 5.10 Å². The largest absolute Gasteiger partial charge is 0.382 e. The number of rotatable bonds is 11. The van der Waals surface area contributed by atoms with Crippen molar-refractivity contribution in [3.63, 3.8) is 0 Å². The van der Waals surface area contributed by atoms with Crippen LogP contribution in [0.25, 0.3) is 0 Å². The van der Waals surface area contributed by atoms with Crippen molar-refractivity contribution >= 4 is 0 Å². The summed E-state index contributed by atoms with van der Waals surface area (Å²) in [7, 11) is 1.67. The number of ether oxygens (including phenoxy) is 2. The monoisotopic (exact) mass is 256 g/mol. The molecule has 0 aromatic carbocycles. The lowest BCUT2D eigenvalue weighted by atomic mass is 10.4. The molecule has 1 N–H and O–H groups in total.